The molecule has 3 heteroatoms. The SMILES string of the molecule is C=CSC(COCC1CO1)c1ccccc1. The zero-order valence-electron chi connectivity index (χ0n) is 9.17. The van der Waals surface area contributed by atoms with Gasteiger partial charge in [0.15, 0.2) is 0 Å². The van der Waals surface area contributed by atoms with E-state index < -0.39 is 0 Å². The fourth-order valence-electron chi connectivity index (χ4n) is 1.47. The summed E-state index contributed by atoms with van der Waals surface area (Å²) < 4.78 is 10.7. The second-order valence-electron chi connectivity index (χ2n) is 3.69. The number of hydrogen-bond donors (Lipinski definition) is 0. The van der Waals surface area contributed by atoms with Crippen LogP contribution in [0.5, 0.6) is 0 Å². The third kappa shape index (κ3) is 3.67. The number of hydrogen-bond acceptors (Lipinski definition) is 3. The normalized spacial score (nSPS) is 20.4. The number of benzene rings is 1. The van der Waals surface area contributed by atoms with Crippen molar-refractivity contribution in [3.05, 3.63) is 47.9 Å². The molecule has 1 saturated heterocycles. The van der Waals surface area contributed by atoms with Gasteiger partial charge in [-0.3, -0.25) is 0 Å². The molecule has 1 aromatic rings. The first-order chi connectivity index (χ1) is 7.90. The van der Waals surface area contributed by atoms with E-state index in [1.54, 1.807) is 11.8 Å². The predicted molar refractivity (Wildman–Crippen MR) is 67.5 cm³/mol. The Morgan fingerprint density at radius 3 is 2.88 bits per heavy atom. The topological polar surface area (TPSA) is 21.8 Å². The van der Waals surface area contributed by atoms with Crippen molar-refractivity contribution in [2.45, 2.75) is 11.4 Å². The van der Waals surface area contributed by atoms with E-state index in [4.69, 9.17) is 9.47 Å². The van der Waals surface area contributed by atoms with Gasteiger partial charge in [-0.1, -0.05) is 36.9 Å². The van der Waals surface area contributed by atoms with Crippen molar-refractivity contribution in [3.63, 3.8) is 0 Å². The fourth-order valence-corrected chi connectivity index (χ4v) is 2.19. The molecular formula is C13H16O2S. The van der Waals surface area contributed by atoms with Crippen molar-refractivity contribution in [3.8, 4) is 0 Å². The van der Waals surface area contributed by atoms with Gasteiger partial charge in [-0.15, -0.1) is 11.8 Å². The highest BCUT2D eigenvalue weighted by atomic mass is 32.2. The van der Waals surface area contributed by atoms with E-state index in [-0.39, 0.29) is 0 Å². The second-order valence-corrected chi connectivity index (χ2v) is 4.87. The minimum atomic E-state index is 0.331. The number of epoxide rings is 1. The molecule has 2 rings (SSSR count). The molecule has 2 atom stereocenters. The monoisotopic (exact) mass is 236 g/mol. The smallest absolute Gasteiger partial charge is 0.104 e. The Hall–Kier alpha value is -0.770. The molecule has 86 valence electrons. The molecular weight excluding hydrogens is 220 g/mol. The molecule has 16 heavy (non-hydrogen) atoms. The van der Waals surface area contributed by atoms with Crippen LogP contribution in [0, 0.1) is 0 Å². The molecule has 0 amide bonds. The molecule has 2 nitrogen and oxygen atoms in total. The van der Waals surface area contributed by atoms with E-state index in [0.717, 1.165) is 6.61 Å². The van der Waals surface area contributed by atoms with E-state index in [0.29, 0.717) is 24.6 Å². The maximum Gasteiger partial charge on any atom is 0.104 e. The summed E-state index contributed by atoms with van der Waals surface area (Å²) in [6.45, 7) is 6.03. The molecule has 0 saturated carbocycles. The van der Waals surface area contributed by atoms with Gasteiger partial charge in [0.05, 0.1) is 25.1 Å². The van der Waals surface area contributed by atoms with E-state index in [2.05, 4.69) is 30.8 Å². The van der Waals surface area contributed by atoms with Gasteiger partial charge in [-0.25, -0.2) is 0 Å². The Labute approximate surface area is 101 Å². The van der Waals surface area contributed by atoms with Crippen LogP contribution in [0.3, 0.4) is 0 Å². The van der Waals surface area contributed by atoms with Crippen LogP contribution in [0.1, 0.15) is 10.8 Å². The molecule has 0 N–H and O–H groups in total. The molecule has 2 unspecified atom stereocenters. The first-order valence-electron chi connectivity index (χ1n) is 5.41. The Morgan fingerprint density at radius 2 is 2.25 bits per heavy atom. The lowest BCUT2D eigenvalue weighted by Crippen LogP contribution is -2.08. The Bertz CT molecular complexity index is 322. The lowest BCUT2D eigenvalue weighted by Gasteiger charge is -2.14. The summed E-state index contributed by atoms with van der Waals surface area (Å²) in [7, 11) is 0. The Kier molecular flexibility index (Phi) is 4.45. The Morgan fingerprint density at radius 1 is 1.50 bits per heavy atom. The maximum absolute atomic E-state index is 5.63. The van der Waals surface area contributed by atoms with Crippen molar-refractivity contribution in [2.75, 3.05) is 19.8 Å². The summed E-state index contributed by atoms with van der Waals surface area (Å²) in [6.07, 6.45) is 0.338. The molecule has 1 heterocycles. The van der Waals surface area contributed by atoms with Gasteiger partial charge in [0.25, 0.3) is 0 Å². The number of ether oxygens (including phenoxy) is 2. The lowest BCUT2D eigenvalue weighted by molar-refractivity contribution is 0.118. The molecule has 1 fully saturated rings. The number of rotatable bonds is 7. The van der Waals surface area contributed by atoms with E-state index >= 15 is 0 Å². The highest BCUT2D eigenvalue weighted by Crippen LogP contribution is 2.29. The highest BCUT2D eigenvalue weighted by molar-refractivity contribution is 8.02. The van der Waals surface area contributed by atoms with Crippen LogP contribution in [0.4, 0.5) is 0 Å². The van der Waals surface area contributed by atoms with Gasteiger partial charge in [0, 0.05) is 0 Å². The van der Waals surface area contributed by atoms with Gasteiger partial charge in [-0.2, -0.15) is 0 Å². The van der Waals surface area contributed by atoms with Crippen molar-refractivity contribution in [1.29, 1.82) is 0 Å². The molecule has 1 aliphatic rings. The second kappa shape index (κ2) is 6.09. The third-order valence-corrected chi connectivity index (χ3v) is 3.34. The van der Waals surface area contributed by atoms with Crippen molar-refractivity contribution >= 4 is 11.8 Å². The van der Waals surface area contributed by atoms with Gasteiger partial charge < -0.3 is 9.47 Å². The number of thioether (sulfide) groups is 1. The van der Waals surface area contributed by atoms with Crippen molar-refractivity contribution < 1.29 is 9.47 Å². The Balaban J connectivity index is 1.85. The summed E-state index contributed by atoms with van der Waals surface area (Å²) in [5.41, 5.74) is 1.28. The minimum Gasteiger partial charge on any atom is -0.377 e. The largest absolute Gasteiger partial charge is 0.377 e. The third-order valence-electron chi connectivity index (χ3n) is 2.41. The molecule has 1 aliphatic heterocycles. The van der Waals surface area contributed by atoms with Crippen molar-refractivity contribution in [2.24, 2.45) is 0 Å². The lowest BCUT2D eigenvalue weighted by atomic mass is 10.1. The molecule has 0 aliphatic carbocycles. The maximum atomic E-state index is 5.63. The highest BCUT2D eigenvalue weighted by Gasteiger charge is 2.23. The van der Waals surface area contributed by atoms with E-state index in [1.807, 2.05) is 11.5 Å². The van der Waals surface area contributed by atoms with Crippen LogP contribution < -0.4 is 0 Å². The first-order valence-corrected chi connectivity index (χ1v) is 6.35. The van der Waals surface area contributed by atoms with Crippen LogP contribution in [-0.4, -0.2) is 25.9 Å². The predicted octanol–water partition coefficient (Wildman–Crippen LogP) is 3.02. The summed E-state index contributed by atoms with van der Waals surface area (Å²) in [5.74, 6) is 0. The fraction of sp³-hybridized carbons (Fsp3) is 0.385. The summed E-state index contributed by atoms with van der Waals surface area (Å²) in [4.78, 5) is 0. The van der Waals surface area contributed by atoms with Crippen LogP contribution >= 0.6 is 11.8 Å². The van der Waals surface area contributed by atoms with Crippen LogP contribution in [0.25, 0.3) is 0 Å². The summed E-state index contributed by atoms with van der Waals surface area (Å²) >= 11 is 1.70. The summed E-state index contributed by atoms with van der Waals surface area (Å²) in [6, 6.07) is 10.4. The first kappa shape index (κ1) is 11.7. The summed E-state index contributed by atoms with van der Waals surface area (Å²) in [5, 5.41) is 2.20. The molecule has 0 radical (unpaired) electrons. The van der Waals surface area contributed by atoms with Crippen LogP contribution in [0.15, 0.2) is 42.3 Å². The molecule has 1 aromatic carbocycles. The van der Waals surface area contributed by atoms with Crippen LogP contribution in [-0.2, 0) is 9.47 Å². The van der Waals surface area contributed by atoms with Gasteiger partial charge >= 0.3 is 0 Å². The quantitative estimate of drug-likeness (QED) is 0.679. The molecule has 0 bridgehead atoms. The van der Waals surface area contributed by atoms with Gasteiger partial charge in [0.1, 0.15) is 6.10 Å². The average Bonchev–Trinajstić information content (AvgIpc) is 3.13. The van der Waals surface area contributed by atoms with Crippen molar-refractivity contribution in [1.82, 2.24) is 0 Å². The molecule has 0 spiro atoms. The van der Waals surface area contributed by atoms with Gasteiger partial charge in [-0.05, 0) is 11.0 Å². The standard InChI is InChI=1S/C13H16O2S/c1-2-16-13(10-14-8-12-9-15-12)11-6-4-3-5-7-11/h2-7,12-13H,1,8-10H2. The van der Waals surface area contributed by atoms with E-state index in [9.17, 15) is 0 Å². The minimum absolute atomic E-state index is 0.331. The average molecular weight is 236 g/mol. The zero-order valence-corrected chi connectivity index (χ0v) is 9.99. The van der Waals surface area contributed by atoms with Crippen LogP contribution in [0.2, 0.25) is 0 Å². The molecule has 0 aromatic heterocycles. The van der Waals surface area contributed by atoms with E-state index in [1.165, 1.54) is 5.56 Å². The zero-order chi connectivity index (χ0) is 11.2. The van der Waals surface area contributed by atoms with Gasteiger partial charge in [0.2, 0.25) is 0 Å².